The summed E-state index contributed by atoms with van der Waals surface area (Å²) in [5, 5.41) is 11.0. The molecule has 0 bridgehead atoms. The summed E-state index contributed by atoms with van der Waals surface area (Å²) in [6.07, 6.45) is 3.20. The van der Waals surface area contributed by atoms with E-state index in [4.69, 9.17) is 5.11 Å². The molecule has 1 saturated carbocycles. The zero-order valence-corrected chi connectivity index (χ0v) is 11.3. The predicted octanol–water partition coefficient (Wildman–Crippen LogP) is 2.83. The van der Waals surface area contributed by atoms with E-state index in [1.165, 1.54) is 6.07 Å². The number of amides is 2. The summed E-state index contributed by atoms with van der Waals surface area (Å²) in [5.41, 5.74) is -0.559. The van der Waals surface area contributed by atoms with Crippen LogP contribution < -0.4 is 5.32 Å². The zero-order chi connectivity index (χ0) is 15.4. The van der Waals surface area contributed by atoms with Crippen molar-refractivity contribution in [2.75, 3.05) is 11.9 Å². The number of para-hydroxylation sites is 1. The number of carboxylic acids is 1. The molecular formula is C14H16F2N2O3. The van der Waals surface area contributed by atoms with Crippen molar-refractivity contribution < 1.29 is 23.5 Å². The summed E-state index contributed by atoms with van der Waals surface area (Å²) in [4.78, 5) is 24.2. The van der Waals surface area contributed by atoms with E-state index in [1.807, 2.05) is 0 Å². The molecule has 0 aromatic heterocycles. The number of halogens is 2. The van der Waals surface area contributed by atoms with E-state index in [9.17, 15) is 18.4 Å². The minimum Gasteiger partial charge on any atom is -0.480 e. The van der Waals surface area contributed by atoms with Gasteiger partial charge in [0.25, 0.3) is 0 Å². The monoisotopic (exact) mass is 298 g/mol. The van der Waals surface area contributed by atoms with Crippen molar-refractivity contribution in [1.82, 2.24) is 4.90 Å². The molecule has 0 unspecified atom stereocenters. The van der Waals surface area contributed by atoms with Crippen LogP contribution in [0, 0.1) is 11.6 Å². The number of rotatable bonds is 4. The summed E-state index contributed by atoms with van der Waals surface area (Å²) in [6.45, 7) is -0.493. The molecular weight excluding hydrogens is 282 g/mol. The molecule has 1 aliphatic carbocycles. The van der Waals surface area contributed by atoms with Crippen molar-refractivity contribution in [3.8, 4) is 0 Å². The second-order valence-corrected chi connectivity index (χ2v) is 4.99. The summed E-state index contributed by atoms with van der Waals surface area (Å²) in [6, 6.07) is 2.22. The number of aliphatic carboxylic acids is 1. The third kappa shape index (κ3) is 3.68. The lowest BCUT2D eigenvalue weighted by molar-refractivity contribution is -0.138. The van der Waals surface area contributed by atoms with Crippen molar-refractivity contribution >= 4 is 17.7 Å². The Morgan fingerprint density at radius 3 is 2.33 bits per heavy atom. The second kappa shape index (κ2) is 6.51. The number of carbonyl (C=O) groups excluding carboxylic acids is 1. The van der Waals surface area contributed by atoms with Crippen molar-refractivity contribution in [2.24, 2.45) is 0 Å². The van der Waals surface area contributed by atoms with E-state index in [2.05, 4.69) is 5.32 Å². The van der Waals surface area contributed by atoms with Crippen molar-refractivity contribution in [3.05, 3.63) is 29.8 Å². The molecule has 1 aromatic carbocycles. The quantitative estimate of drug-likeness (QED) is 0.898. The molecule has 0 atom stereocenters. The average molecular weight is 298 g/mol. The van der Waals surface area contributed by atoms with Gasteiger partial charge in [0.1, 0.15) is 23.9 Å². The minimum atomic E-state index is -1.16. The van der Waals surface area contributed by atoms with Crippen molar-refractivity contribution in [1.29, 1.82) is 0 Å². The Bertz CT molecular complexity index is 525. The van der Waals surface area contributed by atoms with Crippen molar-refractivity contribution in [3.63, 3.8) is 0 Å². The number of benzene rings is 1. The van der Waals surface area contributed by atoms with E-state index in [-0.39, 0.29) is 6.04 Å². The van der Waals surface area contributed by atoms with Crippen molar-refractivity contribution in [2.45, 2.75) is 31.7 Å². The van der Waals surface area contributed by atoms with E-state index in [1.54, 1.807) is 0 Å². The SMILES string of the molecule is O=C(O)CN(C(=O)Nc1c(F)cccc1F)C1CCCC1. The van der Waals surface area contributed by atoms with Gasteiger partial charge in [-0.2, -0.15) is 0 Å². The molecule has 114 valence electrons. The van der Waals surface area contributed by atoms with Gasteiger partial charge in [-0.25, -0.2) is 13.6 Å². The van der Waals surface area contributed by atoms with Gasteiger partial charge >= 0.3 is 12.0 Å². The van der Waals surface area contributed by atoms with Crippen LogP contribution in [0.3, 0.4) is 0 Å². The third-order valence-corrected chi connectivity index (χ3v) is 3.53. The maximum atomic E-state index is 13.5. The number of nitrogens with one attached hydrogen (secondary N) is 1. The molecule has 1 aromatic rings. The second-order valence-electron chi connectivity index (χ2n) is 4.99. The lowest BCUT2D eigenvalue weighted by atomic mass is 10.2. The molecule has 1 fully saturated rings. The number of anilines is 1. The van der Waals surface area contributed by atoms with Crippen LogP contribution in [-0.2, 0) is 4.79 Å². The van der Waals surface area contributed by atoms with E-state index in [0.717, 1.165) is 29.9 Å². The number of urea groups is 1. The standard InChI is InChI=1S/C14H16F2N2O3/c15-10-6-3-7-11(16)13(10)17-14(21)18(8-12(19)20)9-4-1-2-5-9/h3,6-7,9H,1-2,4-5,8H2,(H,17,21)(H,19,20). The van der Waals surface area contributed by atoms with Gasteiger partial charge in [-0.3, -0.25) is 4.79 Å². The molecule has 0 saturated heterocycles. The van der Waals surface area contributed by atoms with Crippen LogP contribution in [0.2, 0.25) is 0 Å². The minimum absolute atomic E-state index is 0.212. The Kier molecular flexibility index (Phi) is 4.72. The highest BCUT2D eigenvalue weighted by Gasteiger charge is 2.29. The van der Waals surface area contributed by atoms with Crippen LogP contribution in [-0.4, -0.2) is 34.6 Å². The van der Waals surface area contributed by atoms with Gasteiger partial charge in [0, 0.05) is 6.04 Å². The molecule has 0 heterocycles. The molecule has 0 spiro atoms. The van der Waals surface area contributed by atoms with Gasteiger partial charge in [0.15, 0.2) is 0 Å². The highest BCUT2D eigenvalue weighted by molar-refractivity contribution is 5.91. The summed E-state index contributed by atoms with van der Waals surface area (Å²) >= 11 is 0. The smallest absolute Gasteiger partial charge is 0.323 e. The lowest BCUT2D eigenvalue weighted by Crippen LogP contribution is -2.44. The Hall–Kier alpha value is -2.18. The largest absolute Gasteiger partial charge is 0.480 e. The van der Waals surface area contributed by atoms with Crippen LogP contribution in [0.25, 0.3) is 0 Å². The van der Waals surface area contributed by atoms with Gasteiger partial charge in [-0.1, -0.05) is 18.9 Å². The number of hydrogen-bond donors (Lipinski definition) is 2. The van der Waals surface area contributed by atoms with Gasteiger partial charge in [0.05, 0.1) is 0 Å². The molecule has 1 aliphatic rings. The fraction of sp³-hybridized carbons (Fsp3) is 0.429. The zero-order valence-electron chi connectivity index (χ0n) is 11.3. The highest BCUT2D eigenvalue weighted by Crippen LogP contribution is 2.25. The van der Waals surface area contributed by atoms with Crippen LogP contribution in [0.5, 0.6) is 0 Å². The first-order chi connectivity index (χ1) is 9.99. The topological polar surface area (TPSA) is 69.6 Å². The first-order valence-electron chi connectivity index (χ1n) is 6.72. The van der Waals surface area contributed by atoms with E-state index < -0.39 is 35.9 Å². The molecule has 5 nitrogen and oxygen atoms in total. The van der Waals surface area contributed by atoms with Gasteiger partial charge in [0.2, 0.25) is 0 Å². The number of carboxylic acid groups (broad SMARTS) is 1. The average Bonchev–Trinajstić information content (AvgIpc) is 2.93. The summed E-state index contributed by atoms with van der Waals surface area (Å²) in [7, 11) is 0. The predicted molar refractivity (Wildman–Crippen MR) is 72.0 cm³/mol. The number of hydrogen-bond acceptors (Lipinski definition) is 2. The fourth-order valence-corrected chi connectivity index (χ4v) is 2.52. The van der Waals surface area contributed by atoms with Gasteiger partial charge < -0.3 is 15.3 Å². The Balaban J connectivity index is 2.16. The molecule has 2 amide bonds. The Morgan fingerprint density at radius 1 is 1.24 bits per heavy atom. The normalized spacial score (nSPS) is 15.0. The molecule has 0 radical (unpaired) electrons. The van der Waals surface area contributed by atoms with Crippen LogP contribution in [0.4, 0.5) is 19.3 Å². The van der Waals surface area contributed by atoms with E-state index in [0.29, 0.717) is 12.8 Å². The van der Waals surface area contributed by atoms with Gasteiger partial charge in [-0.05, 0) is 25.0 Å². The fourth-order valence-electron chi connectivity index (χ4n) is 2.52. The Morgan fingerprint density at radius 2 is 1.81 bits per heavy atom. The summed E-state index contributed by atoms with van der Waals surface area (Å²) < 4.78 is 27.0. The Labute approximate surface area is 120 Å². The third-order valence-electron chi connectivity index (χ3n) is 3.53. The van der Waals surface area contributed by atoms with Crippen LogP contribution >= 0.6 is 0 Å². The molecule has 2 rings (SSSR count). The first kappa shape index (κ1) is 15.2. The maximum Gasteiger partial charge on any atom is 0.323 e. The van der Waals surface area contributed by atoms with Gasteiger partial charge in [-0.15, -0.1) is 0 Å². The summed E-state index contributed by atoms with van der Waals surface area (Å²) in [5.74, 6) is -2.96. The number of nitrogens with zero attached hydrogens (tertiary/aromatic N) is 1. The highest BCUT2D eigenvalue weighted by atomic mass is 19.1. The molecule has 0 aliphatic heterocycles. The van der Waals surface area contributed by atoms with E-state index >= 15 is 0 Å². The molecule has 7 heteroatoms. The molecule has 2 N–H and O–H groups in total. The number of carbonyl (C=O) groups is 2. The lowest BCUT2D eigenvalue weighted by Gasteiger charge is -2.27. The van der Waals surface area contributed by atoms with Crippen LogP contribution in [0.1, 0.15) is 25.7 Å². The first-order valence-corrected chi connectivity index (χ1v) is 6.72. The molecule has 21 heavy (non-hydrogen) atoms. The maximum absolute atomic E-state index is 13.5. The van der Waals surface area contributed by atoms with Crippen LogP contribution in [0.15, 0.2) is 18.2 Å².